The lowest BCUT2D eigenvalue weighted by molar-refractivity contribution is 0.606. The van der Waals surface area contributed by atoms with E-state index in [-0.39, 0.29) is 5.82 Å². The van der Waals surface area contributed by atoms with Crippen LogP contribution < -0.4 is 16.0 Å². The Morgan fingerprint density at radius 2 is 1.62 bits per heavy atom. The number of aromatic nitrogens is 3. The van der Waals surface area contributed by atoms with Gasteiger partial charge in [0.2, 0.25) is 17.8 Å². The number of nitrogens with zero attached hydrogens (tertiary/aromatic N) is 3. The zero-order valence-electron chi connectivity index (χ0n) is 15.8. The van der Waals surface area contributed by atoms with E-state index < -0.39 is 0 Å². The summed E-state index contributed by atoms with van der Waals surface area (Å²) < 4.78 is 13.3. The molecular weight excluding hydrogens is 331 g/mol. The lowest BCUT2D eigenvalue weighted by Crippen LogP contribution is -2.14. The number of anilines is 3. The van der Waals surface area contributed by atoms with Gasteiger partial charge in [0.05, 0.1) is 0 Å². The number of unbranched alkanes of at least 4 members (excludes halogenated alkanes) is 1. The van der Waals surface area contributed by atoms with Gasteiger partial charge in [-0.3, -0.25) is 0 Å². The Bertz CT molecular complexity index is 677. The molecule has 0 atom stereocenters. The van der Waals surface area contributed by atoms with Gasteiger partial charge in [0.25, 0.3) is 0 Å². The molecule has 1 aromatic carbocycles. The van der Waals surface area contributed by atoms with Crippen LogP contribution in [0.4, 0.5) is 22.2 Å². The summed E-state index contributed by atoms with van der Waals surface area (Å²) in [7, 11) is 0. The SMILES string of the molecule is CCCCNc1nc(NCCC(C)C)nc(NCc2cccc(F)c2)n1. The van der Waals surface area contributed by atoms with Gasteiger partial charge >= 0.3 is 0 Å². The number of nitrogens with one attached hydrogen (secondary N) is 3. The minimum absolute atomic E-state index is 0.252. The van der Waals surface area contributed by atoms with E-state index in [9.17, 15) is 4.39 Å². The summed E-state index contributed by atoms with van der Waals surface area (Å²) in [4.78, 5) is 13.3. The Morgan fingerprint density at radius 3 is 2.23 bits per heavy atom. The zero-order valence-corrected chi connectivity index (χ0v) is 15.8. The van der Waals surface area contributed by atoms with E-state index in [1.807, 2.05) is 6.07 Å². The largest absolute Gasteiger partial charge is 0.354 e. The Morgan fingerprint density at radius 1 is 0.962 bits per heavy atom. The normalized spacial score (nSPS) is 10.8. The molecule has 0 radical (unpaired) electrons. The highest BCUT2D eigenvalue weighted by Crippen LogP contribution is 2.12. The Balaban J connectivity index is 2.04. The quantitative estimate of drug-likeness (QED) is 0.519. The molecule has 0 spiro atoms. The van der Waals surface area contributed by atoms with Gasteiger partial charge in [0.15, 0.2) is 0 Å². The van der Waals surface area contributed by atoms with Crippen molar-refractivity contribution in [2.45, 2.75) is 46.6 Å². The zero-order chi connectivity index (χ0) is 18.8. The fourth-order valence-corrected chi connectivity index (χ4v) is 2.29. The second-order valence-corrected chi connectivity index (χ2v) is 6.68. The number of benzene rings is 1. The van der Waals surface area contributed by atoms with Gasteiger partial charge in [-0.2, -0.15) is 15.0 Å². The maximum atomic E-state index is 13.3. The maximum Gasteiger partial charge on any atom is 0.229 e. The van der Waals surface area contributed by atoms with Crippen molar-refractivity contribution >= 4 is 17.8 Å². The molecule has 1 aromatic heterocycles. The van der Waals surface area contributed by atoms with E-state index in [1.54, 1.807) is 6.07 Å². The van der Waals surface area contributed by atoms with Gasteiger partial charge in [-0.05, 0) is 36.5 Å². The van der Waals surface area contributed by atoms with E-state index in [0.29, 0.717) is 30.3 Å². The summed E-state index contributed by atoms with van der Waals surface area (Å²) in [5.41, 5.74) is 0.834. The van der Waals surface area contributed by atoms with Crippen molar-refractivity contribution in [1.82, 2.24) is 15.0 Å². The van der Waals surface area contributed by atoms with Crippen LogP contribution >= 0.6 is 0 Å². The summed E-state index contributed by atoms with van der Waals surface area (Å²) in [6.07, 6.45) is 3.19. The first-order valence-electron chi connectivity index (χ1n) is 9.29. The molecule has 0 bridgehead atoms. The smallest absolute Gasteiger partial charge is 0.229 e. The van der Waals surface area contributed by atoms with Crippen molar-refractivity contribution in [3.05, 3.63) is 35.6 Å². The minimum atomic E-state index is -0.252. The van der Waals surface area contributed by atoms with Crippen LogP contribution in [0.1, 0.15) is 45.6 Å². The molecule has 7 heteroatoms. The third-order valence-corrected chi connectivity index (χ3v) is 3.79. The highest BCUT2D eigenvalue weighted by Gasteiger charge is 2.07. The van der Waals surface area contributed by atoms with Crippen molar-refractivity contribution in [1.29, 1.82) is 0 Å². The molecular formula is C19H29FN6. The van der Waals surface area contributed by atoms with Crippen LogP contribution in [-0.2, 0) is 6.54 Å². The predicted molar refractivity (Wildman–Crippen MR) is 105 cm³/mol. The lowest BCUT2D eigenvalue weighted by Gasteiger charge is -2.12. The van der Waals surface area contributed by atoms with E-state index in [2.05, 4.69) is 51.7 Å². The topological polar surface area (TPSA) is 74.8 Å². The lowest BCUT2D eigenvalue weighted by atomic mass is 10.1. The Hall–Kier alpha value is -2.44. The predicted octanol–water partition coefficient (Wildman–Crippen LogP) is 4.29. The average molecular weight is 360 g/mol. The second-order valence-electron chi connectivity index (χ2n) is 6.68. The van der Waals surface area contributed by atoms with Crippen molar-refractivity contribution < 1.29 is 4.39 Å². The standard InChI is InChI=1S/C19H29FN6/c1-4-5-10-21-17-24-18(22-11-9-14(2)3)26-19(25-17)23-13-15-7-6-8-16(20)12-15/h6-8,12,14H,4-5,9-11,13H2,1-3H3,(H3,21,22,23,24,25,26). The van der Waals surface area contributed by atoms with Gasteiger partial charge in [0, 0.05) is 19.6 Å². The first kappa shape index (κ1) is 19.9. The van der Waals surface area contributed by atoms with Crippen LogP contribution in [0.3, 0.4) is 0 Å². The molecule has 0 aliphatic heterocycles. The summed E-state index contributed by atoms with van der Waals surface area (Å²) >= 11 is 0. The second kappa shape index (κ2) is 10.5. The Kier molecular flexibility index (Phi) is 8.05. The first-order chi connectivity index (χ1) is 12.6. The molecule has 0 unspecified atom stereocenters. The van der Waals surface area contributed by atoms with E-state index in [0.717, 1.165) is 37.9 Å². The summed E-state index contributed by atoms with van der Waals surface area (Å²) in [5, 5.41) is 9.63. The number of rotatable bonds is 11. The van der Waals surface area contributed by atoms with Crippen LogP contribution in [0.25, 0.3) is 0 Å². The molecule has 0 saturated heterocycles. The van der Waals surface area contributed by atoms with Gasteiger partial charge in [-0.25, -0.2) is 4.39 Å². The molecule has 26 heavy (non-hydrogen) atoms. The fourth-order valence-electron chi connectivity index (χ4n) is 2.29. The van der Waals surface area contributed by atoms with Crippen LogP contribution in [0.2, 0.25) is 0 Å². The molecule has 2 rings (SSSR count). The fraction of sp³-hybridized carbons (Fsp3) is 0.526. The van der Waals surface area contributed by atoms with Crippen molar-refractivity contribution in [3.63, 3.8) is 0 Å². The molecule has 3 N–H and O–H groups in total. The maximum absolute atomic E-state index is 13.3. The minimum Gasteiger partial charge on any atom is -0.354 e. The molecule has 0 saturated carbocycles. The third kappa shape index (κ3) is 7.21. The Labute approximate surface area is 155 Å². The van der Waals surface area contributed by atoms with E-state index >= 15 is 0 Å². The molecule has 0 aliphatic rings. The van der Waals surface area contributed by atoms with Crippen molar-refractivity contribution in [2.75, 3.05) is 29.0 Å². The van der Waals surface area contributed by atoms with Crippen LogP contribution in [-0.4, -0.2) is 28.0 Å². The van der Waals surface area contributed by atoms with Crippen molar-refractivity contribution in [3.8, 4) is 0 Å². The number of hydrogen-bond donors (Lipinski definition) is 3. The monoisotopic (exact) mass is 360 g/mol. The van der Waals surface area contributed by atoms with E-state index in [4.69, 9.17) is 0 Å². The molecule has 6 nitrogen and oxygen atoms in total. The summed E-state index contributed by atoms with van der Waals surface area (Å²) in [6, 6.07) is 6.48. The molecule has 142 valence electrons. The molecule has 0 amide bonds. The summed E-state index contributed by atoms with van der Waals surface area (Å²) in [5.74, 6) is 1.91. The average Bonchev–Trinajstić information content (AvgIpc) is 2.60. The van der Waals surface area contributed by atoms with Gasteiger partial charge in [0.1, 0.15) is 5.82 Å². The molecule has 2 aromatic rings. The highest BCUT2D eigenvalue weighted by atomic mass is 19.1. The number of halogens is 1. The summed E-state index contributed by atoms with van der Waals surface area (Å²) in [6.45, 7) is 8.56. The van der Waals surface area contributed by atoms with E-state index in [1.165, 1.54) is 12.1 Å². The van der Waals surface area contributed by atoms with Crippen molar-refractivity contribution in [2.24, 2.45) is 5.92 Å². The molecule has 0 fully saturated rings. The third-order valence-electron chi connectivity index (χ3n) is 3.79. The molecule has 0 aliphatic carbocycles. The van der Waals surface area contributed by atoms with Crippen LogP contribution in [0, 0.1) is 11.7 Å². The first-order valence-corrected chi connectivity index (χ1v) is 9.29. The van der Waals surface area contributed by atoms with Crippen LogP contribution in [0.15, 0.2) is 24.3 Å². The van der Waals surface area contributed by atoms with Gasteiger partial charge < -0.3 is 16.0 Å². The number of hydrogen-bond acceptors (Lipinski definition) is 6. The molecule has 1 heterocycles. The highest BCUT2D eigenvalue weighted by molar-refractivity contribution is 5.42. The van der Waals surface area contributed by atoms with Gasteiger partial charge in [-0.1, -0.05) is 39.3 Å². The van der Waals surface area contributed by atoms with Crippen LogP contribution in [0.5, 0.6) is 0 Å². The van der Waals surface area contributed by atoms with Gasteiger partial charge in [-0.15, -0.1) is 0 Å².